The fourth-order valence-corrected chi connectivity index (χ4v) is 1.77. The Hall–Kier alpha value is -2.66. The van der Waals surface area contributed by atoms with Gasteiger partial charge in [0.1, 0.15) is 0 Å². The molecule has 0 spiro atoms. The Labute approximate surface area is 125 Å². The number of carbonyl (C=O) groups excluding carboxylic acids is 1. The zero-order valence-electron chi connectivity index (χ0n) is 10.8. The van der Waals surface area contributed by atoms with Crippen molar-refractivity contribution >= 4 is 29.0 Å². The second-order valence-corrected chi connectivity index (χ2v) is 4.55. The fraction of sp³-hybridized carbons (Fsp3) is 0. The van der Waals surface area contributed by atoms with Crippen LogP contribution in [0, 0.1) is 4.91 Å². The lowest BCUT2D eigenvalue weighted by Gasteiger charge is -2.06. The first-order valence-corrected chi connectivity index (χ1v) is 6.38. The predicted octanol–water partition coefficient (Wildman–Crippen LogP) is 3.97. The van der Waals surface area contributed by atoms with Crippen LogP contribution < -0.4 is 5.32 Å². The molecule has 0 radical (unpaired) electrons. The van der Waals surface area contributed by atoms with E-state index >= 15 is 0 Å². The number of carbonyl (C=O) groups is 1. The van der Waals surface area contributed by atoms with Crippen LogP contribution in [0.15, 0.2) is 65.5 Å². The van der Waals surface area contributed by atoms with Gasteiger partial charge >= 0.3 is 0 Å². The zero-order valence-corrected chi connectivity index (χ0v) is 11.5. The Morgan fingerprint density at radius 2 is 1.67 bits per heavy atom. The Morgan fingerprint density at radius 1 is 1.05 bits per heavy atom. The first-order valence-electron chi connectivity index (χ1n) is 6.00. The molecule has 2 aromatic carbocycles. The van der Waals surface area contributed by atoms with Crippen molar-refractivity contribution in [3.63, 3.8) is 0 Å². The molecule has 0 saturated carbocycles. The molecule has 21 heavy (non-hydrogen) atoms. The summed E-state index contributed by atoms with van der Waals surface area (Å²) in [5.74, 6) is -1.27. The first-order chi connectivity index (χ1) is 10.1. The van der Waals surface area contributed by atoms with Crippen LogP contribution in [0.5, 0.6) is 0 Å². The fourth-order valence-electron chi connectivity index (χ4n) is 1.65. The summed E-state index contributed by atoms with van der Waals surface area (Å²) in [5, 5.41) is 15.6. The summed E-state index contributed by atoms with van der Waals surface area (Å²) >= 11 is 5.74. The molecular weight excluding hydrogens is 292 g/mol. The van der Waals surface area contributed by atoms with Gasteiger partial charge in [-0.3, -0.25) is 4.79 Å². The summed E-state index contributed by atoms with van der Waals surface area (Å²) < 4.78 is 0. The van der Waals surface area contributed by atoms with Crippen molar-refractivity contribution in [2.45, 2.75) is 0 Å². The summed E-state index contributed by atoms with van der Waals surface area (Å²) in [7, 11) is 0. The summed E-state index contributed by atoms with van der Waals surface area (Å²) in [6.07, 6.45) is 0. The molecule has 5 nitrogen and oxygen atoms in total. The third-order valence-corrected chi connectivity index (χ3v) is 2.93. The second-order valence-electron chi connectivity index (χ2n) is 4.12. The minimum Gasteiger partial charge on any atom is -0.505 e. The molecule has 2 aromatic rings. The first kappa shape index (κ1) is 14.7. The van der Waals surface area contributed by atoms with Gasteiger partial charge in [0.2, 0.25) is 5.70 Å². The van der Waals surface area contributed by atoms with Gasteiger partial charge in [0.15, 0.2) is 5.76 Å². The van der Waals surface area contributed by atoms with Gasteiger partial charge in [-0.05, 0) is 29.4 Å². The highest BCUT2D eigenvalue weighted by molar-refractivity contribution is 6.30. The number of hydrogen-bond donors (Lipinski definition) is 2. The van der Waals surface area contributed by atoms with Crippen molar-refractivity contribution < 1.29 is 9.90 Å². The van der Waals surface area contributed by atoms with Crippen molar-refractivity contribution in [1.82, 2.24) is 0 Å². The monoisotopic (exact) mass is 302 g/mol. The Bertz CT molecular complexity index is 682. The smallest absolute Gasteiger partial charge is 0.281 e. The predicted molar refractivity (Wildman–Crippen MR) is 81.9 cm³/mol. The minimum absolute atomic E-state index is 0.332. The van der Waals surface area contributed by atoms with Crippen LogP contribution in [0.1, 0.15) is 5.56 Å². The molecular formula is C15H11ClN2O3. The zero-order chi connectivity index (χ0) is 15.2. The van der Waals surface area contributed by atoms with E-state index in [1.165, 1.54) is 0 Å². The number of rotatable bonds is 4. The molecule has 0 saturated heterocycles. The Morgan fingerprint density at radius 3 is 2.24 bits per heavy atom. The molecule has 2 rings (SSSR count). The second kappa shape index (κ2) is 6.67. The number of halogens is 1. The van der Waals surface area contributed by atoms with Crippen LogP contribution in [0.2, 0.25) is 5.02 Å². The number of hydrogen-bond acceptors (Lipinski definition) is 4. The van der Waals surface area contributed by atoms with E-state index in [9.17, 15) is 14.8 Å². The summed E-state index contributed by atoms with van der Waals surface area (Å²) in [6.45, 7) is 0. The minimum atomic E-state index is -0.798. The number of anilines is 1. The van der Waals surface area contributed by atoms with Gasteiger partial charge in [0, 0.05) is 16.3 Å². The molecule has 6 heteroatoms. The van der Waals surface area contributed by atoms with Crippen LogP contribution in [-0.2, 0) is 4.79 Å². The topological polar surface area (TPSA) is 78.8 Å². The molecule has 0 fully saturated rings. The van der Waals surface area contributed by atoms with E-state index in [-0.39, 0.29) is 0 Å². The number of amides is 1. The van der Waals surface area contributed by atoms with E-state index in [1.54, 1.807) is 54.6 Å². The molecule has 0 atom stereocenters. The van der Waals surface area contributed by atoms with E-state index < -0.39 is 17.4 Å². The van der Waals surface area contributed by atoms with Gasteiger partial charge in [0.05, 0.1) is 0 Å². The van der Waals surface area contributed by atoms with Crippen LogP contribution in [0.3, 0.4) is 0 Å². The number of nitrogens with zero attached hydrogens (tertiary/aromatic N) is 1. The van der Waals surface area contributed by atoms with Crippen molar-refractivity contribution in [2.24, 2.45) is 5.18 Å². The average Bonchev–Trinajstić information content (AvgIpc) is 2.51. The molecule has 0 aromatic heterocycles. The van der Waals surface area contributed by atoms with Crippen LogP contribution in [0.4, 0.5) is 5.69 Å². The van der Waals surface area contributed by atoms with Crippen molar-refractivity contribution in [3.05, 3.63) is 75.8 Å². The molecule has 0 aliphatic heterocycles. The van der Waals surface area contributed by atoms with E-state index in [1.807, 2.05) is 0 Å². The maximum Gasteiger partial charge on any atom is 0.281 e. The third-order valence-electron chi connectivity index (χ3n) is 2.68. The maximum absolute atomic E-state index is 12.0. The van der Waals surface area contributed by atoms with Crippen LogP contribution in [0.25, 0.3) is 5.76 Å². The molecule has 0 heterocycles. The van der Waals surface area contributed by atoms with Gasteiger partial charge in [-0.1, -0.05) is 41.9 Å². The van der Waals surface area contributed by atoms with Gasteiger partial charge in [0.25, 0.3) is 5.91 Å². The van der Waals surface area contributed by atoms with Crippen LogP contribution in [-0.4, -0.2) is 11.0 Å². The number of nitrogens with one attached hydrogen (secondary N) is 1. The lowest BCUT2D eigenvalue weighted by Crippen LogP contribution is -2.14. The van der Waals surface area contributed by atoms with Gasteiger partial charge in [-0.15, -0.1) is 4.91 Å². The number of nitroso groups, excluding NO2 is 1. The molecule has 0 unspecified atom stereocenters. The van der Waals surface area contributed by atoms with Crippen molar-refractivity contribution in [2.75, 3.05) is 5.32 Å². The van der Waals surface area contributed by atoms with Gasteiger partial charge in [-0.25, -0.2) is 0 Å². The van der Waals surface area contributed by atoms with Crippen LogP contribution >= 0.6 is 11.6 Å². The normalized spacial score (nSPS) is 11.5. The van der Waals surface area contributed by atoms with Crippen molar-refractivity contribution in [1.29, 1.82) is 0 Å². The molecule has 0 aliphatic carbocycles. The lowest BCUT2D eigenvalue weighted by atomic mass is 10.1. The molecule has 106 valence electrons. The van der Waals surface area contributed by atoms with E-state index in [4.69, 9.17) is 11.6 Å². The highest BCUT2D eigenvalue weighted by Gasteiger charge is 2.18. The number of aliphatic hydroxyl groups is 1. The van der Waals surface area contributed by atoms with Crippen molar-refractivity contribution in [3.8, 4) is 0 Å². The van der Waals surface area contributed by atoms with E-state index in [0.29, 0.717) is 16.3 Å². The maximum atomic E-state index is 12.0. The highest BCUT2D eigenvalue weighted by atomic mass is 35.5. The molecule has 1 amide bonds. The Balaban J connectivity index is 2.26. The number of aliphatic hydroxyl groups excluding tert-OH is 1. The summed E-state index contributed by atoms with van der Waals surface area (Å²) in [6, 6.07) is 14.5. The number of benzene rings is 2. The summed E-state index contributed by atoms with van der Waals surface area (Å²) in [5.41, 5.74) is 0.181. The average molecular weight is 303 g/mol. The largest absolute Gasteiger partial charge is 0.505 e. The molecule has 0 bridgehead atoms. The highest BCUT2D eigenvalue weighted by Crippen LogP contribution is 2.19. The molecule has 2 N–H and O–H groups in total. The molecule has 0 aliphatic rings. The SMILES string of the molecule is O=N/C(C(=O)Nc1ccc(Cl)cc1)=C(/O)c1ccccc1. The summed E-state index contributed by atoms with van der Waals surface area (Å²) in [4.78, 5) is 22.8. The third kappa shape index (κ3) is 3.67. The Kier molecular flexibility index (Phi) is 4.68. The quantitative estimate of drug-likeness (QED) is 0.509. The van der Waals surface area contributed by atoms with E-state index in [0.717, 1.165) is 0 Å². The standard InChI is InChI=1S/C15H11ClN2O3/c16-11-6-8-12(9-7-11)17-15(20)13(18-21)14(19)10-4-2-1-3-5-10/h1-9,19H,(H,17,20)/b14-13+. The van der Waals surface area contributed by atoms with Gasteiger partial charge < -0.3 is 10.4 Å². The van der Waals surface area contributed by atoms with E-state index in [2.05, 4.69) is 10.5 Å². The lowest BCUT2D eigenvalue weighted by molar-refractivity contribution is -0.112. The van der Waals surface area contributed by atoms with Gasteiger partial charge in [-0.2, -0.15) is 0 Å².